The van der Waals surface area contributed by atoms with Crippen molar-refractivity contribution in [2.45, 2.75) is 51.9 Å². The summed E-state index contributed by atoms with van der Waals surface area (Å²) in [7, 11) is 0. The van der Waals surface area contributed by atoms with Gasteiger partial charge in [-0.1, -0.05) is 39.0 Å². The summed E-state index contributed by atoms with van der Waals surface area (Å²) in [5, 5.41) is 8.40. The summed E-state index contributed by atoms with van der Waals surface area (Å²) >= 11 is 0. The van der Waals surface area contributed by atoms with Crippen molar-refractivity contribution in [3.05, 3.63) is 0 Å². The smallest absolute Gasteiger partial charge is 0.329 e. The lowest BCUT2D eigenvalue weighted by Crippen LogP contribution is -2.15. The third kappa shape index (κ3) is 30.7. The van der Waals surface area contributed by atoms with E-state index in [0.717, 1.165) is 12.8 Å². The Morgan fingerprint density at radius 3 is 1.28 bits per heavy atom. The minimum atomic E-state index is -0.996. The van der Waals surface area contributed by atoms with Crippen LogP contribution in [0.1, 0.15) is 51.9 Å². The predicted molar refractivity (Wildman–Crippen MR) is 132 cm³/mol. The van der Waals surface area contributed by atoms with E-state index >= 15 is 0 Å². The normalized spacial score (nSPS) is 11.1. The van der Waals surface area contributed by atoms with Gasteiger partial charge in [0.2, 0.25) is 0 Å². The van der Waals surface area contributed by atoms with Crippen LogP contribution >= 0.6 is 0 Å². The van der Waals surface area contributed by atoms with Crippen molar-refractivity contribution < 1.29 is 52.6 Å². The molecule has 0 aliphatic rings. The molecule has 0 heterocycles. The van der Waals surface area contributed by atoms with Crippen molar-refractivity contribution in [2.24, 2.45) is 0 Å². The number of carboxylic acid groups (broad SMARTS) is 1. The summed E-state index contributed by atoms with van der Waals surface area (Å²) in [5.41, 5.74) is 0. The Kier molecular flexibility index (Phi) is 28.8. The molecule has 0 aliphatic carbocycles. The number of rotatable bonds is 30. The molecule has 11 heteroatoms. The number of unbranched alkanes of at least 4 members (excludes halogenated alkanes) is 5. The van der Waals surface area contributed by atoms with Crippen molar-refractivity contribution in [1.82, 2.24) is 0 Å². The number of ether oxygens (including phenoxy) is 8. The van der Waals surface area contributed by atoms with Crippen LogP contribution in [0.4, 0.5) is 0 Å². The van der Waals surface area contributed by atoms with Crippen LogP contribution in [0.25, 0.3) is 0 Å². The molecule has 0 unspecified atom stereocenters. The molecule has 0 saturated carbocycles. The second-order valence-corrected chi connectivity index (χ2v) is 7.86. The van der Waals surface area contributed by atoms with Crippen molar-refractivity contribution in [3.63, 3.8) is 0 Å². The van der Waals surface area contributed by atoms with Crippen LogP contribution in [0.2, 0.25) is 0 Å². The van der Waals surface area contributed by atoms with Gasteiger partial charge in [0, 0.05) is 6.42 Å². The van der Waals surface area contributed by atoms with Crippen molar-refractivity contribution >= 4 is 11.9 Å². The van der Waals surface area contributed by atoms with E-state index in [2.05, 4.69) is 6.92 Å². The minimum Gasteiger partial charge on any atom is -0.480 e. The average molecular weight is 525 g/mol. The van der Waals surface area contributed by atoms with Crippen molar-refractivity contribution in [1.29, 1.82) is 0 Å². The van der Waals surface area contributed by atoms with E-state index < -0.39 is 5.97 Å². The highest BCUT2D eigenvalue weighted by atomic mass is 16.6. The van der Waals surface area contributed by atoms with Gasteiger partial charge in [-0.25, -0.2) is 4.79 Å². The molecule has 0 aromatic carbocycles. The Bertz CT molecular complexity index is 477. The van der Waals surface area contributed by atoms with E-state index in [1.54, 1.807) is 0 Å². The van der Waals surface area contributed by atoms with Crippen molar-refractivity contribution in [2.75, 3.05) is 99.1 Å². The van der Waals surface area contributed by atoms with Gasteiger partial charge in [0.05, 0.1) is 85.9 Å². The molecule has 0 aliphatic heterocycles. The maximum absolute atomic E-state index is 11.6. The lowest BCUT2D eigenvalue weighted by molar-refractivity contribution is -0.145. The van der Waals surface area contributed by atoms with Crippen LogP contribution in [-0.2, 0) is 47.5 Å². The zero-order chi connectivity index (χ0) is 26.4. The Labute approximate surface area is 216 Å². The quantitative estimate of drug-likeness (QED) is 0.110. The molecule has 11 nitrogen and oxygen atoms in total. The van der Waals surface area contributed by atoms with E-state index in [1.807, 2.05) is 0 Å². The molecule has 1 N–H and O–H groups in total. The Balaban J connectivity index is 3.10. The number of esters is 1. The maximum Gasteiger partial charge on any atom is 0.329 e. The zero-order valence-corrected chi connectivity index (χ0v) is 22.1. The summed E-state index contributed by atoms with van der Waals surface area (Å²) in [5.74, 6) is -1.15. The van der Waals surface area contributed by atoms with Gasteiger partial charge in [0.25, 0.3) is 0 Å². The van der Waals surface area contributed by atoms with Crippen molar-refractivity contribution in [3.8, 4) is 0 Å². The van der Waals surface area contributed by atoms with Crippen LogP contribution in [-0.4, -0.2) is 116 Å². The molecule has 0 spiro atoms. The molecule has 0 aromatic heterocycles. The van der Waals surface area contributed by atoms with E-state index in [-0.39, 0.29) is 25.8 Å². The van der Waals surface area contributed by atoms with Gasteiger partial charge in [0.1, 0.15) is 13.2 Å². The van der Waals surface area contributed by atoms with Crippen LogP contribution in [0.5, 0.6) is 0 Å². The molecule has 0 atom stereocenters. The van der Waals surface area contributed by atoms with Gasteiger partial charge in [-0.3, -0.25) is 4.79 Å². The fourth-order valence-corrected chi connectivity index (χ4v) is 2.82. The van der Waals surface area contributed by atoms with Gasteiger partial charge < -0.3 is 43.0 Å². The number of carboxylic acids is 1. The number of aliphatic carboxylic acids is 1. The molecular weight excluding hydrogens is 476 g/mol. The zero-order valence-electron chi connectivity index (χ0n) is 22.1. The lowest BCUT2D eigenvalue weighted by atomic mass is 10.1. The lowest BCUT2D eigenvalue weighted by Gasteiger charge is -2.08. The first-order valence-electron chi connectivity index (χ1n) is 13.1. The average Bonchev–Trinajstić information content (AvgIpc) is 2.86. The SMILES string of the molecule is CCCCCCCCC(=O)OCCOCCOCCOCCOCCOCCOCCOCC(=O)O. The molecule has 0 amide bonds. The first-order chi connectivity index (χ1) is 17.7. The minimum absolute atomic E-state index is 0.150. The highest BCUT2D eigenvalue weighted by Crippen LogP contribution is 2.07. The molecule has 214 valence electrons. The molecule has 0 saturated heterocycles. The van der Waals surface area contributed by atoms with Gasteiger partial charge in [-0.2, -0.15) is 0 Å². The molecule has 0 aromatic rings. The maximum atomic E-state index is 11.6. The number of carbonyl (C=O) groups is 2. The highest BCUT2D eigenvalue weighted by Gasteiger charge is 2.02. The fraction of sp³-hybridized carbons (Fsp3) is 0.920. The molecule has 0 bridgehead atoms. The molecule has 36 heavy (non-hydrogen) atoms. The Morgan fingerprint density at radius 2 is 0.861 bits per heavy atom. The Morgan fingerprint density at radius 1 is 0.500 bits per heavy atom. The summed E-state index contributed by atoms with van der Waals surface area (Å²) < 4.78 is 42.2. The molecule has 0 rings (SSSR count). The van der Waals surface area contributed by atoms with Crippen LogP contribution in [0.15, 0.2) is 0 Å². The second-order valence-electron chi connectivity index (χ2n) is 7.86. The monoisotopic (exact) mass is 524 g/mol. The molecule has 0 radical (unpaired) electrons. The van der Waals surface area contributed by atoms with Gasteiger partial charge in [-0.05, 0) is 6.42 Å². The van der Waals surface area contributed by atoms with E-state index in [1.165, 1.54) is 25.7 Å². The fourth-order valence-electron chi connectivity index (χ4n) is 2.82. The third-order valence-electron chi connectivity index (χ3n) is 4.68. The van der Waals surface area contributed by atoms with Gasteiger partial charge in [0.15, 0.2) is 0 Å². The topological polar surface area (TPSA) is 128 Å². The second kappa shape index (κ2) is 29.9. The summed E-state index contributed by atoms with van der Waals surface area (Å²) in [4.78, 5) is 21.8. The number of hydrogen-bond acceptors (Lipinski definition) is 10. The summed E-state index contributed by atoms with van der Waals surface area (Å²) in [6.45, 7) is 7.68. The van der Waals surface area contributed by atoms with E-state index in [4.69, 9.17) is 43.0 Å². The number of hydrogen-bond donors (Lipinski definition) is 1. The molecular formula is C25H48O11. The summed E-state index contributed by atoms with van der Waals surface area (Å²) in [6, 6.07) is 0. The highest BCUT2D eigenvalue weighted by molar-refractivity contribution is 5.69. The largest absolute Gasteiger partial charge is 0.480 e. The van der Waals surface area contributed by atoms with E-state index in [9.17, 15) is 9.59 Å². The van der Waals surface area contributed by atoms with Crippen LogP contribution < -0.4 is 0 Å². The number of carbonyl (C=O) groups excluding carboxylic acids is 1. The standard InChI is InChI=1S/C25H48O11/c1-2-3-4-5-6-7-8-25(28)36-22-21-34-18-17-32-14-13-30-10-9-29-11-12-31-15-16-33-19-20-35-23-24(26)27/h2-23H2,1H3,(H,26,27). The van der Waals surface area contributed by atoms with E-state index in [0.29, 0.717) is 85.7 Å². The Hall–Kier alpha value is -1.34. The molecule has 0 fully saturated rings. The first-order valence-corrected chi connectivity index (χ1v) is 13.1. The van der Waals surface area contributed by atoms with Crippen LogP contribution in [0.3, 0.4) is 0 Å². The first kappa shape index (κ1) is 34.7. The van der Waals surface area contributed by atoms with Crippen LogP contribution in [0, 0.1) is 0 Å². The summed E-state index contributed by atoms with van der Waals surface area (Å²) in [6.07, 6.45) is 7.40. The van der Waals surface area contributed by atoms with Gasteiger partial charge in [-0.15, -0.1) is 0 Å². The van der Waals surface area contributed by atoms with Gasteiger partial charge >= 0.3 is 11.9 Å². The third-order valence-corrected chi connectivity index (χ3v) is 4.68. The predicted octanol–water partition coefficient (Wildman–Crippen LogP) is 2.48.